The summed E-state index contributed by atoms with van der Waals surface area (Å²) in [5.41, 5.74) is 0.615. The van der Waals surface area contributed by atoms with Gasteiger partial charge in [0.1, 0.15) is 0 Å². The fourth-order valence-electron chi connectivity index (χ4n) is 2.08. The van der Waals surface area contributed by atoms with Crippen LogP contribution < -0.4 is 0 Å². The molecule has 2 aliphatic rings. The second-order valence-corrected chi connectivity index (χ2v) is 3.68. The van der Waals surface area contributed by atoms with E-state index in [4.69, 9.17) is 4.74 Å². The largest absolute Gasteiger partial charge is 0.379 e. The van der Waals surface area contributed by atoms with Crippen molar-refractivity contribution in [1.82, 2.24) is 4.90 Å². The van der Waals surface area contributed by atoms with E-state index in [1.165, 1.54) is 19.3 Å². The highest BCUT2D eigenvalue weighted by Crippen LogP contribution is 2.44. The highest BCUT2D eigenvalue weighted by atomic mass is 16.5. The standard InChI is InChI=1S/C9H17NO.C2H6/c1-2-9(3-4-9)10-5-7-11-8-6-10;1-2/h2-8H2,1H3;1-2H3. The Hall–Kier alpha value is -0.0800. The lowest BCUT2D eigenvalue weighted by Gasteiger charge is -2.34. The van der Waals surface area contributed by atoms with E-state index in [1.807, 2.05) is 13.8 Å². The monoisotopic (exact) mass is 185 g/mol. The van der Waals surface area contributed by atoms with Crippen LogP contribution in [0.2, 0.25) is 0 Å². The highest BCUT2D eigenvalue weighted by molar-refractivity contribution is 5.02. The van der Waals surface area contributed by atoms with Crippen LogP contribution in [-0.4, -0.2) is 36.7 Å². The van der Waals surface area contributed by atoms with Gasteiger partial charge in [-0.1, -0.05) is 20.8 Å². The molecule has 13 heavy (non-hydrogen) atoms. The van der Waals surface area contributed by atoms with Crippen molar-refractivity contribution in [2.45, 2.75) is 45.6 Å². The lowest BCUT2D eigenvalue weighted by molar-refractivity contribution is 0.00857. The molecule has 1 heterocycles. The third-order valence-electron chi connectivity index (χ3n) is 3.17. The Morgan fingerprint density at radius 3 is 2.08 bits per heavy atom. The van der Waals surface area contributed by atoms with Crippen LogP contribution in [0, 0.1) is 0 Å². The summed E-state index contributed by atoms with van der Waals surface area (Å²) in [5, 5.41) is 0. The molecule has 0 N–H and O–H groups in total. The van der Waals surface area contributed by atoms with Crippen molar-refractivity contribution < 1.29 is 4.74 Å². The number of hydrogen-bond donors (Lipinski definition) is 0. The molecule has 1 saturated carbocycles. The number of rotatable bonds is 2. The van der Waals surface area contributed by atoms with Gasteiger partial charge in [-0.05, 0) is 19.3 Å². The zero-order chi connectivity index (χ0) is 9.73. The molecule has 0 radical (unpaired) electrons. The van der Waals surface area contributed by atoms with Crippen LogP contribution in [0.5, 0.6) is 0 Å². The predicted molar refractivity (Wildman–Crippen MR) is 56.0 cm³/mol. The van der Waals surface area contributed by atoms with Crippen LogP contribution in [-0.2, 0) is 4.74 Å². The van der Waals surface area contributed by atoms with Crippen LogP contribution in [0.25, 0.3) is 0 Å². The molecular weight excluding hydrogens is 162 g/mol. The third-order valence-corrected chi connectivity index (χ3v) is 3.17. The molecule has 0 bridgehead atoms. The molecule has 1 aliphatic carbocycles. The molecule has 0 atom stereocenters. The molecule has 2 fully saturated rings. The molecule has 2 rings (SSSR count). The van der Waals surface area contributed by atoms with Crippen LogP contribution in [0.1, 0.15) is 40.0 Å². The van der Waals surface area contributed by atoms with Crippen LogP contribution in [0.4, 0.5) is 0 Å². The minimum Gasteiger partial charge on any atom is -0.379 e. The van der Waals surface area contributed by atoms with Gasteiger partial charge in [0.2, 0.25) is 0 Å². The molecule has 2 heteroatoms. The van der Waals surface area contributed by atoms with E-state index >= 15 is 0 Å². The molecule has 0 aromatic heterocycles. The summed E-state index contributed by atoms with van der Waals surface area (Å²) in [7, 11) is 0. The van der Waals surface area contributed by atoms with Crippen LogP contribution in [0.15, 0.2) is 0 Å². The first-order valence-corrected chi connectivity index (χ1v) is 5.70. The van der Waals surface area contributed by atoms with Crippen molar-refractivity contribution >= 4 is 0 Å². The van der Waals surface area contributed by atoms with Gasteiger partial charge in [0, 0.05) is 18.6 Å². The lowest BCUT2D eigenvalue weighted by Crippen LogP contribution is -2.44. The van der Waals surface area contributed by atoms with Gasteiger partial charge in [0.15, 0.2) is 0 Å². The zero-order valence-corrected chi connectivity index (χ0v) is 9.31. The van der Waals surface area contributed by atoms with Gasteiger partial charge in [-0.15, -0.1) is 0 Å². The van der Waals surface area contributed by atoms with E-state index in [1.54, 1.807) is 0 Å². The van der Waals surface area contributed by atoms with E-state index < -0.39 is 0 Å². The average Bonchev–Trinajstić information content (AvgIpc) is 3.03. The van der Waals surface area contributed by atoms with Crippen molar-refractivity contribution in [2.24, 2.45) is 0 Å². The summed E-state index contributed by atoms with van der Waals surface area (Å²) in [6.07, 6.45) is 4.17. The van der Waals surface area contributed by atoms with Crippen LogP contribution >= 0.6 is 0 Å². The third kappa shape index (κ3) is 2.44. The van der Waals surface area contributed by atoms with Gasteiger partial charge in [-0.2, -0.15) is 0 Å². The maximum Gasteiger partial charge on any atom is 0.0594 e. The number of ether oxygens (including phenoxy) is 1. The van der Waals surface area contributed by atoms with E-state index in [0.29, 0.717) is 5.54 Å². The SMILES string of the molecule is CC.CCC1(N2CCOCC2)CC1. The summed E-state index contributed by atoms with van der Waals surface area (Å²) in [6.45, 7) is 10.5. The fraction of sp³-hybridized carbons (Fsp3) is 1.00. The van der Waals surface area contributed by atoms with Gasteiger partial charge in [-0.3, -0.25) is 4.90 Å². The van der Waals surface area contributed by atoms with Gasteiger partial charge in [0.05, 0.1) is 13.2 Å². The van der Waals surface area contributed by atoms with E-state index in [-0.39, 0.29) is 0 Å². The zero-order valence-electron chi connectivity index (χ0n) is 9.31. The Kier molecular flexibility index (Phi) is 4.20. The molecule has 78 valence electrons. The Balaban J connectivity index is 0.000000396. The van der Waals surface area contributed by atoms with E-state index in [0.717, 1.165) is 26.3 Å². The first-order valence-electron chi connectivity index (χ1n) is 5.70. The minimum absolute atomic E-state index is 0.615. The minimum atomic E-state index is 0.615. The van der Waals surface area contributed by atoms with Gasteiger partial charge >= 0.3 is 0 Å². The molecule has 0 spiro atoms. The normalized spacial score (nSPS) is 26.1. The summed E-state index contributed by atoms with van der Waals surface area (Å²) in [4.78, 5) is 2.62. The Morgan fingerprint density at radius 2 is 1.69 bits per heavy atom. The van der Waals surface area contributed by atoms with Crippen molar-refractivity contribution in [3.8, 4) is 0 Å². The number of morpholine rings is 1. The van der Waals surface area contributed by atoms with Crippen molar-refractivity contribution in [1.29, 1.82) is 0 Å². The topological polar surface area (TPSA) is 12.5 Å². The van der Waals surface area contributed by atoms with E-state index in [2.05, 4.69) is 11.8 Å². The Morgan fingerprint density at radius 1 is 1.15 bits per heavy atom. The van der Waals surface area contributed by atoms with Crippen molar-refractivity contribution in [3.05, 3.63) is 0 Å². The second kappa shape index (κ2) is 4.97. The van der Waals surface area contributed by atoms with Crippen molar-refractivity contribution in [2.75, 3.05) is 26.3 Å². The number of nitrogens with zero attached hydrogens (tertiary/aromatic N) is 1. The Bertz CT molecular complexity index is 137. The molecule has 2 nitrogen and oxygen atoms in total. The molecular formula is C11H23NO. The summed E-state index contributed by atoms with van der Waals surface area (Å²) < 4.78 is 5.33. The van der Waals surface area contributed by atoms with Crippen LogP contribution in [0.3, 0.4) is 0 Å². The fourth-order valence-corrected chi connectivity index (χ4v) is 2.08. The predicted octanol–water partition coefficient (Wildman–Crippen LogP) is 2.29. The lowest BCUT2D eigenvalue weighted by atomic mass is 10.1. The second-order valence-electron chi connectivity index (χ2n) is 3.68. The molecule has 0 unspecified atom stereocenters. The smallest absolute Gasteiger partial charge is 0.0594 e. The Labute approximate surface area is 82.3 Å². The van der Waals surface area contributed by atoms with Gasteiger partial charge in [-0.25, -0.2) is 0 Å². The molecule has 0 aromatic rings. The molecule has 0 amide bonds. The summed E-state index contributed by atoms with van der Waals surface area (Å²) in [5.74, 6) is 0. The van der Waals surface area contributed by atoms with E-state index in [9.17, 15) is 0 Å². The summed E-state index contributed by atoms with van der Waals surface area (Å²) >= 11 is 0. The number of hydrogen-bond acceptors (Lipinski definition) is 2. The summed E-state index contributed by atoms with van der Waals surface area (Å²) in [6, 6.07) is 0. The first-order chi connectivity index (χ1) is 6.37. The molecule has 1 saturated heterocycles. The molecule has 0 aromatic carbocycles. The maximum atomic E-state index is 5.33. The quantitative estimate of drug-likeness (QED) is 0.654. The maximum absolute atomic E-state index is 5.33. The van der Waals surface area contributed by atoms with Gasteiger partial charge in [0.25, 0.3) is 0 Å². The average molecular weight is 185 g/mol. The van der Waals surface area contributed by atoms with Crippen molar-refractivity contribution in [3.63, 3.8) is 0 Å². The molecule has 1 aliphatic heterocycles. The van der Waals surface area contributed by atoms with Gasteiger partial charge < -0.3 is 4.74 Å². The first kappa shape index (κ1) is 11.0. The highest BCUT2D eigenvalue weighted by Gasteiger charge is 2.46.